The van der Waals surface area contributed by atoms with Crippen LogP contribution in [0.25, 0.3) is 0 Å². The Balaban J connectivity index is 2.96. The van der Waals surface area contributed by atoms with E-state index in [9.17, 15) is 10.2 Å². The van der Waals surface area contributed by atoms with Gasteiger partial charge in [-0.25, -0.2) is 0 Å². The molecule has 2 nitrogen and oxygen atoms in total. The molecule has 1 aliphatic rings. The van der Waals surface area contributed by atoms with Crippen molar-refractivity contribution in [1.82, 2.24) is 0 Å². The number of aliphatic hydroxyl groups excluding tert-OH is 1. The monoisotopic (exact) mass is 306 g/mol. The summed E-state index contributed by atoms with van der Waals surface area (Å²) in [5.74, 6) is -0.133. The van der Waals surface area contributed by atoms with Crippen molar-refractivity contribution in [1.29, 1.82) is 0 Å². The fourth-order valence-electron chi connectivity index (χ4n) is 3.11. The highest BCUT2D eigenvalue weighted by atomic mass is 16.3. The fraction of sp³-hybridized carbons (Fsp3) is 0.700. The first kappa shape index (κ1) is 19.2. The van der Waals surface area contributed by atoms with Gasteiger partial charge in [0, 0.05) is 5.92 Å². The summed E-state index contributed by atoms with van der Waals surface area (Å²) in [5.41, 5.74) is 3.13. The van der Waals surface area contributed by atoms with Crippen molar-refractivity contribution < 1.29 is 10.2 Å². The molecule has 0 aromatic heterocycles. The van der Waals surface area contributed by atoms with Gasteiger partial charge in [0.15, 0.2) is 0 Å². The summed E-state index contributed by atoms with van der Waals surface area (Å²) in [4.78, 5) is 0. The van der Waals surface area contributed by atoms with Gasteiger partial charge in [-0.1, -0.05) is 34.9 Å². The van der Waals surface area contributed by atoms with E-state index in [1.165, 1.54) is 16.7 Å². The lowest BCUT2D eigenvalue weighted by Crippen LogP contribution is -2.38. The van der Waals surface area contributed by atoms with Crippen LogP contribution >= 0.6 is 0 Å². The lowest BCUT2D eigenvalue weighted by atomic mass is 9.81. The molecule has 0 amide bonds. The first-order valence-corrected chi connectivity index (χ1v) is 8.59. The molecule has 0 aromatic rings. The highest BCUT2D eigenvalue weighted by molar-refractivity contribution is 5.10. The van der Waals surface area contributed by atoms with Crippen molar-refractivity contribution in [2.24, 2.45) is 5.92 Å². The molecule has 0 fully saturated rings. The molecule has 0 radical (unpaired) electrons. The number of hydrogen-bond acceptors (Lipinski definition) is 2. The van der Waals surface area contributed by atoms with Gasteiger partial charge < -0.3 is 10.2 Å². The molecule has 22 heavy (non-hydrogen) atoms. The highest BCUT2D eigenvalue weighted by Gasteiger charge is 2.31. The molecule has 0 spiro atoms. The molecule has 0 bridgehead atoms. The second kappa shape index (κ2) is 8.69. The van der Waals surface area contributed by atoms with Crippen LogP contribution < -0.4 is 0 Å². The van der Waals surface area contributed by atoms with E-state index in [0.717, 1.165) is 38.5 Å². The first-order valence-electron chi connectivity index (χ1n) is 8.59. The van der Waals surface area contributed by atoms with Crippen molar-refractivity contribution in [3.8, 4) is 0 Å². The topological polar surface area (TPSA) is 40.5 Å². The normalized spacial score (nSPS) is 26.6. The van der Waals surface area contributed by atoms with E-state index < -0.39 is 11.7 Å². The van der Waals surface area contributed by atoms with Gasteiger partial charge in [0.1, 0.15) is 0 Å². The molecule has 126 valence electrons. The van der Waals surface area contributed by atoms with Gasteiger partial charge in [-0.2, -0.15) is 0 Å². The second-order valence-electron chi connectivity index (χ2n) is 7.48. The average Bonchev–Trinajstić information content (AvgIpc) is 2.36. The molecular weight excluding hydrogens is 272 g/mol. The van der Waals surface area contributed by atoms with E-state index in [-0.39, 0.29) is 5.92 Å². The van der Waals surface area contributed by atoms with Crippen molar-refractivity contribution in [2.45, 2.75) is 84.8 Å². The zero-order valence-corrected chi connectivity index (χ0v) is 15.0. The predicted octanol–water partition coefficient (Wildman–Crippen LogP) is 4.93. The molecule has 0 heterocycles. The largest absolute Gasteiger partial charge is 0.390 e. The lowest BCUT2D eigenvalue weighted by molar-refractivity contribution is -0.0345. The Morgan fingerprint density at radius 2 is 1.41 bits per heavy atom. The van der Waals surface area contributed by atoms with Gasteiger partial charge in [0.25, 0.3) is 0 Å². The number of aliphatic hydroxyl groups is 2. The SMILES string of the molecule is CC1=CCCC(C)=CC(O)C(C(C)(C)O)CCC(C)=CCC1. The summed E-state index contributed by atoms with van der Waals surface area (Å²) < 4.78 is 0. The molecule has 0 saturated carbocycles. The van der Waals surface area contributed by atoms with Crippen molar-refractivity contribution in [3.05, 3.63) is 34.9 Å². The summed E-state index contributed by atoms with van der Waals surface area (Å²) in [5, 5.41) is 21.0. The van der Waals surface area contributed by atoms with Crippen LogP contribution in [0.4, 0.5) is 0 Å². The third-order valence-electron chi connectivity index (χ3n) is 4.69. The van der Waals surface area contributed by atoms with Crippen LogP contribution in [0.3, 0.4) is 0 Å². The smallest absolute Gasteiger partial charge is 0.0778 e. The Morgan fingerprint density at radius 1 is 0.909 bits per heavy atom. The molecule has 2 heteroatoms. The molecule has 0 aromatic carbocycles. The van der Waals surface area contributed by atoms with Crippen LogP contribution in [0.15, 0.2) is 34.9 Å². The summed E-state index contributed by atoms with van der Waals surface area (Å²) in [6.45, 7) is 10.0. The third kappa shape index (κ3) is 6.93. The van der Waals surface area contributed by atoms with Crippen LogP contribution in [-0.4, -0.2) is 21.9 Å². The second-order valence-corrected chi connectivity index (χ2v) is 7.48. The minimum atomic E-state index is -0.871. The van der Waals surface area contributed by atoms with E-state index in [0.29, 0.717) is 0 Å². The van der Waals surface area contributed by atoms with Gasteiger partial charge >= 0.3 is 0 Å². The van der Waals surface area contributed by atoms with Gasteiger partial charge in [-0.05, 0) is 73.1 Å². The maximum atomic E-state index is 10.6. The Hall–Kier alpha value is -0.860. The van der Waals surface area contributed by atoms with Crippen LogP contribution in [0.1, 0.15) is 73.1 Å². The number of rotatable bonds is 1. The zero-order valence-electron chi connectivity index (χ0n) is 15.0. The van der Waals surface area contributed by atoms with Crippen LogP contribution in [0.5, 0.6) is 0 Å². The molecule has 2 atom stereocenters. The highest BCUT2D eigenvalue weighted by Crippen LogP contribution is 2.29. The van der Waals surface area contributed by atoms with Gasteiger partial charge in [-0.3, -0.25) is 0 Å². The number of allylic oxidation sites excluding steroid dienone is 5. The quantitative estimate of drug-likeness (QED) is 0.674. The zero-order chi connectivity index (χ0) is 16.8. The van der Waals surface area contributed by atoms with Crippen molar-refractivity contribution in [2.75, 3.05) is 0 Å². The molecular formula is C20H34O2. The molecule has 1 rings (SSSR count). The van der Waals surface area contributed by atoms with E-state index in [1.54, 1.807) is 13.8 Å². The lowest BCUT2D eigenvalue weighted by Gasteiger charge is -2.32. The van der Waals surface area contributed by atoms with Crippen LogP contribution in [0.2, 0.25) is 0 Å². The van der Waals surface area contributed by atoms with Crippen molar-refractivity contribution >= 4 is 0 Å². The Bertz CT molecular complexity index is 435. The van der Waals surface area contributed by atoms with E-state index in [2.05, 4.69) is 32.9 Å². The molecule has 0 aliphatic heterocycles. The predicted molar refractivity (Wildman–Crippen MR) is 94.8 cm³/mol. The first-order chi connectivity index (χ1) is 10.2. The number of hydrogen-bond donors (Lipinski definition) is 2. The Morgan fingerprint density at radius 3 is 1.95 bits per heavy atom. The Kier molecular flexibility index (Phi) is 7.58. The van der Waals surface area contributed by atoms with Crippen LogP contribution in [0, 0.1) is 5.92 Å². The van der Waals surface area contributed by atoms with E-state index in [1.807, 2.05) is 6.08 Å². The van der Waals surface area contributed by atoms with Gasteiger partial charge in [-0.15, -0.1) is 0 Å². The maximum absolute atomic E-state index is 10.6. The summed E-state index contributed by atoms with van der Waals surface area (Å²) in [6.07, 6.45) is 11.9. The minimum Gasteiger partial charge on any atom is -0.390 e. The summed E-state index contributed by atoms with van der Waals surface area (Å²) in [7, 11) is 0. The Labute approximate surface area is 136 Å². The standard InChI is InChI=1S/C20H34O2/c1-15-8-6-10-16(2)12-13-18(20(4,5)22)19(21)14-17(3)11-7-9-15/h9-10,14,18-19,21-22H,6-8,11-13H2,1-5H3. The maximum Gasteiger partial charge on any atom is 0.0778 e. The average molecular weight is 306 g/mol. The summed E-state index contributed by atoms with van der Waals surface area (Å²) >= 11 is 0. The van der Waals surface area contributed by atoms with E-state index in [4.69, 9.17) is 0 Å². The molecule has 0 saturated heterocycles. The van der Waals surface area contributed by atoms with Crippen molar-refractivity contribution in [3.63, 3.8) is 0 Å². The molecule has 2 N–H and O–H groups in total. The summed E-state index contributed by atoms with van der Waals surface area (Å²) in [6, 6.07) is 0. The van der Waals surface area contributed by atoms with E-state index >= 15 is 0 Å². The van der Waals surface area contributed by atoms with Gasteiger partial charge in [0.2, 0.25) is 0 Å². The van der Waals surface area contributed by atoms with Crippen LogP contribution in [-0.2, 0) is 0 Å². The third-order valence-corrected chi connectivity index (χ3v) is 4.69. The molecule has 1 aliphatic carbocycles. The minimum absolute atomic E-state index is 0.133. The fourth-order valence-corrected chi connectivity index (χ4v) is 3.11. The van der Waals surface area contributed by atoms with Gasteiger partial charge in [0.05, 0.1) is 11.7 Å². The molecule has 2 unspecified atom stereocenters.